The molecule has 0 unspecified atom stereocenters. The molecule has 0 spiro atoms. The summed E-state index contributed by atoms with van der Waals surface area (Å²) in [7, 11) is 0. The van der Waals surface area contributed by atoms with Crippen LogP contribution in [0, 0.1) is 11.8 Å². The van der Waals surface area contributed by atoms with Gasteiger partial charge in [-0.1, -0.05) is 83.5 Å². The van der Waals surface area contributed by atoms with E-state index in [9.17, 15) is 9.90 Å². The normalized spacial score (nSPS) is 11.8. The van der Waals surface area contributed by atoms with E-state index in [1.54, 1.807) is 0 Å². The summed E-state index contributed by atoms with van der Waals surface area (Å²) < 4.78 is 0. The van der Waals surface area contributed by atoms with Gasteiger partial charge in [0.1, 0.15) is 6.10 Å². The van der Waals surface area contributed by atoms with Crippen LogP contribution in [0.25, 0.3) is 0 Å². The van der Waals surface area contributed by atoms with Gasteiger partial charge in [0.15, 0.2) is 0 Å². The molecule has 0 radical (unpaired) electrons. The molecule has 0 aromatic rings. The molecular formula is C21H38O3. The lowest BCUT2D eigenvalue weighted by Gasteiger charge is -2.02. The molecule has 3 nitrogen and oxygen atoms in total. The van der Waals surface area contributed by atoms with Gasteiger partial charge in [-0.15, -0.1) is 5.92 Å². The third-order valence-electron chi connectivity index (χ3n) is 4.29. The second-order valence-corrected chi connectivity index (χ2v) is 6.76. The number of aliphatic carboxylic acids is 1. The SMILES string of the molecule is CCCC[C@@H](O)C#CCCCCCCCCCCCCCC(=O)O. The molecule has 0 aromatic heterocycles. The van der Waals surface area contributed by atoms with Crippen molar-refractivity contribution in [1.29, 1.82) is 0 Å². The summed E-state index contributed by atoms with van der Waals surface area (Å²) in [4.78, 5) is 10.4. The van der Waals surface area contributed by atoms with Gasteiger partial charge < -0.3 is 10.2 Å². The number of aliphatic hydroxyl groups excluding tert-OH is 1. The average Bonchev–Trinajstić information content (AvgIpc) is 2.56. The van der Waals surface area contributed by atoms with Crippen LogP contribution < -0.4 is 0 Å². The van der Waals surface area contributed by atoms with Gasteiger partial charge in [0, 0.05) is 12.8 Å². The molecule has 24 heavy (non-hydrogen) atoms. The molecule has 2 N–H and O–H groups in total. The molecule has 0 bridgehead atoms. The molecule has 0 aliphatic heterocycles. The highest BCUT2D eigenvalue weighted by atomic mass is 16.4. The Morgan fingerprint density at radius 2 is 1.33 bits per heavy atom. The van der Waals surface area contributed by atoms with Crippen LogP contribution in [0.5, 0.6) is 0 Å². The van der Waals surface area contributed by atoms with Crippen LogP contribution in [0.15, 0.2) is 0 Å². The fraction of sp³-hybridized carbons (Fsp3) is 0.857. The van der Waals surface area contributed by atoms with E-state index < -0.39 is 12.1 Å². The lowest BCUT2D eigenvalue weighted by atomic mass is 10.0. The van der Waals surface area contributed by atoms with Crippen molar-refractivity contribution in [1.82, 2.24) is 0 Å². The summed E-state index contributed by atoms with van der Waals surface area (Å²) >= 11 is 0. The van der Waals surface area contributed by atoms with E-state index >= 15 is 0 Å². The summed E-state index contributed by atoms with van der Waals surface area (Å²) in [5.74, 6) is 5.36. The van der Waals surface area contributed by atoms with Crippen molar-refractivity contribution in [2.75, 3.05) is 0 Å². The number of rotatable bonds is 16. The van der Waals surface area contributed by atoms with Gasteiger partial charge in [0.25, 0.3) is 0 Å². The maximum Gasteiger partial charge on any atom is 0.303 e. The molecule has 0 amide bonds. The molecule has 0 aliphatic carbocycles. The summed E-state index contributed by atoms with van der Waals surface area (Å²) in [5.41, 5.74) is 0. The third kappa shape index (κ3) is 19.0. The van der Waals surface area contributed by atoms with Gasteiger partial charge in [-0.3, -0.25) is 4.79 Å². The van der Waals surface area contributed by atoms with Gasteiger partial charge in [-0.05, 0) is 19.3 Å². The van der Waals surface area contributed by atoms with E-state index in [-0.39, 0.29) is 0 Å². The first kappa shape index (κ1) is 23.0. The summed E-state index contributed by atoms with van der Waals surface area (Å²) in [6, 6.07) is 0. The van der Waals surface area contributed by atoms with Gasteiger partial charge in [0.2, 0.25) is 0 Å². The van der Waals surface area contributed by atoms with Gasteiger partial charge in [-0.2, -0.15) is 0 Å². The number of hydrogen-bond donors (Lipinski definition) is 2. The smallest absolute Gasteiger partial charge is 0.303 e. The predicted molar refractivity (Wildman–Crippen MR) is 101 cm³/mol. The van der Waals surface area contributed by atoms with Crippen LogP contribution in [-0.2, 0) is 4.79 Å². The van der Waals surface area contributed by atoms with Crippen molar-refractivity contribution in [2.45, 2.75) is 116 Å². The number of hydrogen-bond acceptors (Lipinski definition) is 2. The monoisotopic (exact) mass is 338 g/mol. The minimum Gasteiger partial charge on any atom is -0.481 e. The Morgan fingerprint density at radius 3 is 1.83 bits per heavy atom. The molecule has 0 saturated heterocycles. The predicted octanol–water partition coefficient (Wildman–Crippen LogP) is 5.70. The Hall–Kier alpha value is -1.01. The van der Waals surface area contributed by atoms with Crippen molar-refractivity contribution >= 4 is 5.97 Å². The van der Waals surface area contributed by atoms with Gasteiger partial charge >= 0.3 is 5.97 Å². The molecule has 0 aliphatic rings. The number of unbranched alkanes of at least 4 members (excludes halogenated alkanes) is 12. The maximum absolute atomic E-state index is 10.4. The molecule has 1 atom stereocenters. The lowest BCUT2D eigenvalue weighted by Crippen LogP contribution is -2.01. The fourth-order valence-electron chi connectivity index (χ4n) is 2.74. The Labute approximate surface area is 149 Å². The van der Waals surface area contributed by atoms with E-state index in [1.165, 1.54) is 51.4 Å². The minimum atomic E-state index is -0.673. The summed E-state index contributed by atoms with van der Waals surface area (Å²) in [6.45, 7) is 2.13. The van der Waals surface area contributed by atoms with Crippen molar-refractivity contribution in [3.05, 3.63) is 0 Å². The van der Waals surface area contributed by atoms with Gasteiger partial charge in [0.05, 0.1) is 0 Å². The quantitative estimate of drug-likeness (QED) is 0.280. The zero-order valence-electron chi connectivity index (χ0n) is 15.7. The van der Waals surface area contributed by atoms with Gasteiger partial charge in [-0.25, -0.2) is 0 Å². The minimum absolute atomic E-state index is 0.322. The highest BCUT2D eigenvalue weighted by Gasteiger charge is 1.97. The van der Waals surface area contributed by atoms with E-state index in [4.69, 9.17) is 5.11 Å². The van der Waals surface area contributed by atoms with E-state index in [1.807, 2.05) is 0 Å². The first-order valence-corrected chi connectivity index (χ1v) is 10.0. The highest BCUT2D eigenvalue weighted by molar-refractivity contribution is 5.66. The van der Waals surface area contributed by atoms with Crippen LogP contribution in [0.3, 0.4) is 0 Å². The molecule has 0 aromatic carbocycles. The standard InChI is InChI=1S/C21H38O3/c1-2-3-17-20(22)18-15-13-11-9-7-5-4-6-8-10-12-14-16-19-21(23)24/h20,22H,2-14,16-17,19H2,1H3,(H,23,24)/t20-/m1/s1. The Kier molecular flexibility index (Phi) is 17.6. The maximum atomic E-state index is 10.4. The first-order valence-electron chi connectivity index (χ1n) is 10.0. The van der Waals surface area contributed by atoms with Crippen LogP contribution in [-0.4, -0.2) is 22.3 Å². The zero-order chi connectivity index (χ0) is 17.9. The Bertz CT molecular complexity index is 341. The number of aliphatic hydroxyl groups is 1. The Morgan fingerprint density at radius 1 is 0.833 bits per heavy atom. The molecule has 0 fully saturated rings. The first-order chi connectivity index (χ1) is 11.7. The molecule has 3 heteroatoms. The zero-order valence-corrected chi connectivity index (χ0v) is 15.7. The number of carboxylic acids is 1. The number of carboxylic acid groups (broad SMARTS) is 1. The Balaban J connectivity index is 3.18. The second-order valence-electron chi connectivity index (χ2n) is 6.76. The molecular weight excluding hydrogens is 300 g/mol. The van der Waals surface area contributed by atoms with Crippen LogP contribution in [0.1, 0.15) is 110 Å². The second kappa shape index (κ2) is 18.3. The molecule has 0 saturated carbocycles. The fourth-order valence-corrected chi connectivity index (χ4v) is 2.74. The molecule has 0 heterocycles. The highest BCUT2D eigenvalue weighted by Crippen LogP contribution is 2.12. The summed E-state index contributed by atoms with van der Waals surface area (Å²) in [6.07, 6.45) is 17.0. The van der Waals surface area contributed by atoms with Crippen LogP contribution >= 0.6 is 0 Å². The van der Waals surface area contributed by atoms with E-state index in [0.717, 1.165) is 44.9 Å². The third-order valence-corrected chi connectivity index (χ3v) is 4.29. The van der Waals surface area contributed by atoms with E-state index in [0.29, 0.717) is 6.42 Å². The average molecular weight is 339 g/mol. The van der Waals surface area contributed by atoms with Crippen molar-refractivity contribution in [3.8, 4) is 11.8 Å². The van der Waals surface area contributed by atoms with Crippen LogP contribution in [0.2, 0.25) is 0 Å². The van der Waals surface area contributed by atoms with Crippen LogP contribution in [0.4, 0.5) is 0 Å². The van der Waals surface area contributed by atoms with Crippen molar-refractivity contribution in [2.24, 2.45) is 0 Å². The number of carbonyl (C=O) groups is 1. The van der Waals surface area contributed by atoms with Crippen molar-refractivity contribution in [3.63, 3.8) is 0 Å². The van der Waals surface area contributed by atoms with Crippen molar-refractivity contribution < 1.29 is 15.0 Å². The topological polar surface area (TPSA) is 57.5 Å². The van der Waals surface area contributed by atoms with E-state index in [2.05, 4.69) is 18.8 Å². The molecule has 140 valence electrons. The summed E-state index contributed by atoms with van der Waals surface area (Å²) in [5, 5.41) is 18.1. The lowest BCUT2D eigenvalue weighted by molar-refractivity contribution is -0.137. The largest absolute Gasteiger partial charge is 0.481 e. The molecule has 0 rings (SSSR count).